The summed E-state index contributed by atoms with van der Waals surface area (Å²) in [6, 6.07) is 11.0. The van der Waals surface area contributed by atoms with Gasteiger partial charge in [0, 0.05) is 44.1 Å². The fourth-order valence-electron chi connectivity index (χ4n) is 6.24. The van der Waals surface area contributed by atoms with E-state index in [-0.39, 0.29) is 12.1 Å². The average molecular weight is 539 g/mol. The third-order valence-corrected chi connectivity index (χ3v) is 8.77. The first-order valence-electron chi connectivity index (χ1n) is 14.1. The molecule has 0 radical (unpaired) electrons. The van der Waals surface area contributed by atoms with Gasteiger partial charge in [0.1, 0.15) is 11.0 Å². The zero-order chi connectivity index (χ0) is 27.4. The summed E-state index contributed by atoms with van der Waals surface area (Å²) >= 11 is 0. The number of aromatic nitrogens is 5. The molecule has 4 aromatic rings. The quantitative estimate of drug-likeness (QED) is 0.308. The maximum atomic E-state index is 13.4. The van der Waals surface area contributed by atoms with Gasteiger partial charge in [0.15, 0.2) is 11.5 Å². The van der Waals surface area contributed by atoms with Crippen LogP contribution in [0.1, 0.15) is 42.1 Å². The second-order valence-electron chi connectivity index (χ2n) is 11.1. The van der Waals surface area contributed by atoms with Gasteiger partial charge in [-0.2, -0.15) is 4.98 Å². The van der Waals surface area contributed by atoms with Crippen LogP contribution in [0.15, 0.2) is 54.0 Å². The highest BCUT2D eigenvalue weighted by Crippen LogP contribution is 2.38. The highest BCUT2D eigenvalue weighted by molar-refractivity contribution is 5.77. The molecule has 0 spiro atoms. The molecular formula is C30H34N8O2. The second kappa shape index (κ2) is 9.65. The number of aliphatic hydroxyl groups is 1. The SMILES string of the molecule is C=CCn1c(=O)c2cnc(Nc3ccc4c(c3)CCN(C3CNC3)C4)nc2n1-c1ccc2c(n1)[C@@](O)(CC)CC2. The molecule has 40 heavy (non-hydrogen) atoms. The average Bonchev–Trinajstić information content (AvgIpc) is 3.41. The number of pyridine rings is 1. The number of allylic oxidation sites excluding steroid dienone is 1. The molecule has 7 rings (SSSR count). The van der Waals surface area contributed by atoms with E-state index < -0.39 is 5.60 Å². The first kappa shape index (κ1) is 25.1. The van der Waals surface area contributed by atoms with E-state index in [0.717, 1.165) is 50.3 Å². The van der Waals surface area contributed by atoms with Gasteiger partial charge >= 0.3 is 0 Å². The van der Waals surface area contributed by atoms with Crippen LogP contribution in [0.4, 0.5) is 11.6 Å². The van der Waals surface area contributed by atoms with E-state index in [1.807, 2.05) is 19.1 Å². The van der Waals surface area contributed by atoms with Crippen molar-refractivity contribution in [3.05, 3.63) is 81.9 Å². The van der Waals surface area contributed by atoms with Crippen LogP contribution in [0.2, 0.25) is 0 Å². The minimum absolute atomic E-state index is 0.213. The number of anilines is 2. The van der Waals surface area contributed by atoms with E-state index in [1.165, 1.54) is 11.1 Å². The van der Waals surface area contributed by atoms with Gasteiger partial charge < -0.3 is 15.7 Å². The van der Waals surface area contributed by atoms with Crippen LogP contribution in [0.5, 0.6) is 0 Å². The lowest BCUT2D eigenvalue weighted by atomic mass is 9.96. The molecule has 2 aliphatic heterocycles. The van der Waals surface area contributed by atoms with Crippen LogP contribution in [0, 0.1) is 0 Å². The Kier molecular flexibility index (Phi) is 6.06. The first-order valence-corrected chi connectivity index (χ1v) is 14.1. The van der Waals surface area contributed by atoms with Gasteiger partial charge in [-0.3, -0.25) is 9.69 Å². The van der Waals surface area contributed by atoms with Crippen molar-refractivity contribution in [3.63, 3.8) is 0 Å². The van der Waals surface area contributed by atoms with E-state index in [2.05, 4.69) is 45.3 Å². The van der Waals surface area contributed by atoms with Gasteiger partial charge in [-0.15, -0.1) is 6.58 Å². The number of nitrogens with one attached hydrogen (secondary N) is 2. The lowest BCUT2D eigenvalue weighted by molar-refractivity contribution is 0.0306. The summed E-state index contributed by atoms with van der Waals surface area (Å²) in [5.41, 5.74) is 4.63. The van der Waals surface area contributed by atoms with Gasteiger partial charge in [0.05, 0.1) is 12.2 Å². The van der Waals surface area contributed by atoms with E-state index in [9.17, 15) is 9.90 Å². The minimum atomic E-state index is -0.961. The minimum Gasteiger partial charge on any atom is -0.384 e. The van der Waals surface area contributed by atoms with Crippen LogP contribution >= 0.6 is 0 Å². The molecule has 10 nitrogen and oxygen atoms in total. The molecule has 0 amide bonds. The molecule has 1 aromatic carbocycles. The van der Waals surface area contributed by atoms with Gasteiger partial charge in [-0.25, -0.2) is 19.3 Å². The Morgan fingerprint density at radius 3 is 2.80 bits per heavy atom. The lowest BCUT2D eigenvalue weighted by Crippen LogP contribution is -2.57. The summed E-state index contributed by atoms with van der Waals surface area (Å²) in [5.74, 6) is 0.937. The topological polar surface area (TPSA) is 113 Å². The van der Waals surface area contributed by atoms with E-state index >= 15 is 0 Å². The predicted octanol–water partition coefficient (Wildman–Crippen LogP) is 2.78. The third-order valence-electron chi connectivity index (χ3n) is 8.77. The fraction of sp³-hybridized carbons (Fsp3) is 0.400. The summed E-state index contributed by atoms with van der Waals surface area (Å²) in [7, 11) is 0. The fourth-order valence-corrected chi connectivity index (χ4v) is 6.24. The van der Waals surface area contributed by atoms with Crippen molar-refractivity contribution in [1.29, 1.82) is 0 Å². The largest absolute Gasteiger partial charge is 0.384 e. The van der Waals surface area contributed by atoms with E-state index in [4.69, 9.17) is 9.97 Å². The smallest absolute Gasteiger partial charge is 0.278 e. The first-order chi connectivity index (χ1) is 19.5. The van der Waals surface area contributed by atoms with Gasteiger partial charge in [0.25, 0.3) is 5.56 Å². The van der Waals surface area contributed by atoms with Crippen LogP contribution in [0.25, 0.3) is 16.9 Å². The summed E-state index contributed by atoms with van der Waals surface area (Å²) in [4.78, 5) is 30.1. The van der Waals surface area contributed by atoms with Crippen molar-refractivity contribution >= 4 is 22.7 Å². The van der Waals surface area contributed by atoms with E-state index in [1.54, 1.807) is 21.6 Å². The Morgan fingerprint density at radius 2 is 2.02 bits per heavy atom. The molecule has 0 saturated carbocycles. The summed E-state index contributed by atoms with van der Waals surface area (Å²) < 4.78 is 3.28. The molecule has 3 aromatic heterocycles. The van der Waals surface area contributed by atoms with Crippen LogP contribution < -0.4 is 16.2 Å². The number of rotatable bonds is 7. The lowest BCUT2D eigenvalue weighted by Gasteiger charge is -2.41. The summed E-state index contributed by atoms with van der Waals surface area (Å²) in [5, 5.41) is 18.3. The number of benzene rings is 1. The molecular weight excluding hydrogens is 504 g/mol. The monoisotopic (exact) mass is 538 g/mol. The van der Waals surface area contributed by atoms with Crippen LogP contribution in [0.3, 0.4) is 0 Å². The van der Waals surface area contributed by atoms with Gasteiger partial charge in [0.2, 0.25) is 5.95 Å². The molecule has 10 heteroatoms. The molecule has 1 fully saturated rings. The molecule has 5 heterocycles. The van der Waals surface area contributed by atoms with Crippen molar-refractivity contribution in [2.24, 2.45) is 0 Å². The molecule has 1 saturated heterocycles. The maximum absolute atomic E-state index is 13.4. The molecule has 3 aliphatic rings. The van der Waals surface area contributed by atoms with Crippen molar-refractivity contribution in [1.82, 2.24) is 34.5 Å². The Hall–Kier alpha value is -3.86. The number of hydrogen-bond donors (Lipinski definition) is 3. The Bertz CT molecular complexity index is 1690. The third kappa shape index (κ3) is 4.06. The number of fused-ring (bicyclic) bond motifs is 3. The number of hydrogen-bond acceptors (Lipinski definition) is 8. The van der Waals surface area contributed by atoms with Gasteiger partial charge in [-0.1, -0.05) is 25.1 Å². The highest BCUT2D eigenvalue weighted by Gasteiger charge is 2.37. The zero-order valence-corrected chi connectivity index (χ0v) is 22.7. The highest BCUT2D eigenvalue weighted by atomic mass is 16.3. The Balaban J connectivity index is 1.25. The van der Waals surface area contributed by atoms with E-state index in [0.29, 0.717) is 47.4 Å². The summed E-state index contributed by atoms with van der Waals surface area (Å²) in [6.45, 7) is 10.3. The predicted molar refractivity (Wildman–Crippen MR) is 154 cm³/mol. The number of aryl methyl sites for hydroxylation is 1. The Labute approximate surface area is 232 Å². The van der Waals surface area contributed by atoms with Crippen LogP contribution in [-0.4, -0.2) is 60.0 Å². The molecule has 0 bridgehead atoms. The summed E-state index contributed by atoms with van der Waals surface area (Å²) in [6.07, 6.45) is 6.27. The Morgan fingerprint density at radius 1 is 1.18 bits per heavy atom. The van der Waals surface area contributed by atoms with Crippen molar-refractivity contribution in [2.75, 3.05) is 25.0 Å². The molecule has 206 valence electrons. The maximum Gasteiger partial charge on any atom is 0.278 e. The second-order valence-corrected chi connectivity index (χ2v) is 11.1. The van der Waals surface area contributed by atoms with Crippen molar-refractivity contribution < 1.29 is 5.11 Å². The van der Waals surface area contributed by atoms with Crippen LogP contribution in [-0.2, 0) is 31.5 Å². The zero-order valence-electron chi connectivity index (χ0n) is 22.7. The van der Waals surface area contributed by atoms with Gasteiger partial charge in [-0.05, 0) is 60.6 Å². The standard InChI is InChI=1S/C30H34N8O2/c1-3-12-37-28(39)24-17-32-29(33-22-7-5-21-18-36(23-15-31-16-23)13-10-20(21)14-22)35-27(24)38(37)25-8-6-19-9-11-30(40,4-2)26(19)34-25/h3,5-8,14,17,23,31,40H,1,4,9-13,15-16,18H2,2H3,(H,32,33,35)/t30-/m1/s1. The normalized spacial score (nSPS) is 20.8. The molecule has 1 atom stereocenters. The number of nitrogens with zero attached hydrogens (tertiary/aromatic N) is 6. The molecule has 0 unspecified atom stereocenters. The molecule has 3 N–H and O–H groups in total. The van der Waals surface area contributed by atoms with Crippen molar-refractivity contribution in [2.45, 2.75) is 57.3 Å². The van der Waals surface area contributed by atoms with Crippen molar-refractivity contribution in [3.8, 4) is 5.82 Å². The molecule has 1 aliphatic carbocycles.